The van der Waals surface area contributed by atoms with Crippen LogP contribution in [0.1, 0.15) is 10.4 Å². The van der Waals surface area contributed by atoms with Gasteiger partial charge in [-0.2, -0.15) is 4.31 Å². The van der Waals surface area contributed by atoms with E-state index in [0.29, 0.717) is 46.9 Å². The standard InChI is InChI=1S/C25H23N3O6S/c1-32-23-9-8-17(35(30,31)28-10-13-33-14-11-28)15-21(23)27-25(29)19-16-22(24-7-4-12-34-24)26-20-6-3-2-5-18(19)20/h2-9,12,15-16H,10-11,13-14H2,1H3,(H,27,29). The Labute approximate surface area is 202 Å². The van der Waals surface area contributed by atoms with Crippen molar-refractivity contribution in [3.8, 4) is 17.2 Å². The number of nitrogens with zero attached hydrogens (tertiary/aromatic N) is 2. The monoisotopic (exact) mass is 493 g/mol. The molecule has 3 heterocycles. The Morgan fingerprint density at radius 3 is 2.60 bits per heavy atom. The van der Waals surface area contributed by atoms with E-state index < -0.39 is 15.9 Å². The molecule has 9 nitrogen and oxygen atoms in total. The van der Waals surface area contributed by atoms with Crippen LogP contribution in [0.3, 0.4) is 0 Å². The van der Waals surface area contributed by atoms with Gasteiger partial charge in [0.05, 0.1) is 48.2 Å². The van der Waals surface area contributed by atoms with Crippen molar-refractivity contribution in [1.82, 2.24) is 9.29 Å². The molecule has 0 atom stereocenters. The van der Waals surface area contributed by atoms with Crippen LogP contribution in [0, 0.1) is 0 Å². The van der Waals surface area contributed by atoms with Crippen LogP contribution >= 0.6 is 0 Å². The molecule has 0 spiro atoms. The summed E-state index contributed by atoms with van der Waals surface area (Å²) >= 11 is 0. The Kier molecular flexibility index (Phi) is 6.25. The smallest absolute Gasteiger partial charge is 0.256 e. The maximum absolute atomic E-state index is 13.5. The molecule has 0 unspecified atom stereocenters. The maximum Gasteiger partial charge on any atom is 0.256 e. The predicted octanol–water partition coefficient (Wildman–Crippen LogP) is 3.78. The number of amides is 1. The van der Waals surface area contributed by atoms with E-state index in [0.717, 1.165) is 0 Å². The number of anilines is 1. The minimum absolute atomic E-state index is 0.0614. The number of fused-ring (bicyclic) bond motifs is 1. The van der Waals surface area contributed by atoms with Gasteiger partial charge in [-0.1, -0.05) is 18.2 Å². The van der Waals surface area contributed by atoms with Crippen molar-refractivity contribution in [3.63, 3.8) is 0 Å². The summed E-state index contributed by atoms with van der Waals surface area (Å²) in [4.78, 5) is 18.1. The lowest BCUT2D eigenvalue weighted by molar-refractivity contribution is 0.0730. The van der Waals surface area contributed by atoms with Gasteiger partial charge in [0.1, 0.15) is 11.4 Å². The molecule has 1 aliphatic rings. The van der Waals surface area contributed by atoms with Gasteiger partial charge in [-0.25, -0.2) is 13.4 Å². The van der Waals surface area contributed by atoms with E-state index in [1.54, 1.807) is 24.3 Å². The van der Waals surface area contributed by atoms with Gasteiger partial charge in [0.25, 0.3) is 5.91 Å². The van der Waals surface area contributed by atoms with Crippen molar-refractivity contribution in [1.29, 1.82) is 0 Å². The Balaban J connectivity index is 1.53. The summed E-state index contributed by atoms with van der Waals surface area (Å²) in [5, 5.41) is 3.48. The van der Waals surface area contributed by atoms with E-state index >= 15 is 0 Å². The normalized spacial score (nSPS) is 14.7. The number of hydrogen-bond donors (Lipinski definition) is 1. The highest BCUT2D eigenvalue weighted by atomic mass is 32.2. The highest BCUT2D eigenvalue weighted by Gasteiger charge is 2.27. The lowest BCUT2D eigenvalue weighted by Crippen LogP contribution is -2.40. The summed E-state index contributed by atoms with van der Waals surface area (Å²) in [6.45, 7) is 1.22. The number of benzene rings is 2. The largest absolute Gasteiger partial charge is 0.495 e. The zero-order chi connectivity index (χ0) is 24.4. The number of sulfonamides is 1. The van der Waals surface area contributed by atoms with Crippen molar-refractivity contribution in [3.05, 3.63) is 72.5 Å². The Morgan fingerprint density at radius 1 is 1.06 bits per heavy atom. The van der Waals surface area contributed by atoms with Crippen LogP contribution in [-0.2, 0) is 14.8 Å². The molecule has 1 amide bonds. The van der Waals surface area contributed by atoms with Crippen molar-refractivity contribution >= 4 is 32.5 Å². The third-order valence-electron chi connectivity index (χ3n) is 5.76. The molecular formula is C25H23N3O6S. The number of aromatic nitrogens is 1. The van der Waals surface area contributed by atoms with E-state index in [4.69, 9.17) is 13.9 Å². The fraction of sp³-hybridized carbons (Fsp3) is 0.200. The van der Waals surface area contributed by atoms with E-state index in [1.807, 2.05) is 18.2 Å². The van der Waals surface area contributed by atoms with E-state index in [2.05, 4.69) is 10.3 Å². The molecule has 5 rings (SSSR count). The van der Waals surface area contributed by atoms with Gasteiger partial charge < -0.3 is 19.2 Å². The number of carbonyl (C=O) groups excluding carboxylic acids is 1. The third-order valence-corrected chi connectivity index (χ3v) is 7.66. The minimum atomic E-state index is -3.76. The lowest BCUT2D eigenvalue weighted by atomic mass is 10.1. The maximum atomic E-state index is 13.5. The van der Waals surface area contributed by atoms with E-state index in [-0.39, 0.29) is 23.7 Å². The third kappa shape index (κ3) is 4.51. The van der Waals surface area contributed by atoms with Gasteiger partial charge in [0, 0.05) is 18.5 Å². The van der Waals surface area contributed by atoms with Crippen LogP contribution < -0.4 is 10.1 Å². The number of carbonyl (C=O) groups is 1. The highest BCUT2D eigenvalue weighted by molar-refractivity contribution is 7.89. The van der Waals surface area contributed by atoms with Gasteiger partial charge in [0.15, 0.2) is 5.76 Å². The lowest BCUT2D eigenvalue weighted by Gasteiger charge is -2.26. The van der Waals surface area contributed by atoms with Gasteiger partial charge >= 0.3 is 0 Å². The van der Waals surface area contributed by atoms with Crippen LogP contribution in [-0.4, -0.2) is 57.0 Å². The molecule has 0 bridgehead atoms. The quantitative estimate of drug-likeness (QED) is 0.435. The summed E-state index contributed by atoms with van der Waals surface area (Å²) in [5.41, 5.74) is 1.74. The number of hydrogen-bond acceptors (Lipinski definition) is 7. The molecule has 2 aromatic carbocycles. The first-order valence-corrected chi connectivity index (χ1v) is 12.4. The zero-order valence-corrected chi connectivity index (χ0v) is 19.7. The number of rotatable bonds is 6. The van der Waals surface area contributed by atoms with Gasteiger partial charge in [-0.3, -0.25) is 4.79 Å². The molecule has 0 saturated carbocycles. The van der Waals surface area contributed by atoms with Crippen molar-refractivity contribution in [2.75, 3.05) is 38.7 Å². The SMILES string of the molecule is COc1ccc(S(=O)(=O)N2CCOCC2)cc1NC(=O)c1cc(-c2ccco2)nc2ccccc12. The molecule has 1 aliphatic heterocycles. The molecule has 4 aromatic rings. The molecule has 0 radical (unpaired) electrons. The number of pyridine rings is 1. The van der Waals surface area contributed by atoms with Crippen LogP contribution in [0.25, 0.3) is 22.4 Å². The number of furan rings is 1. The second-order valence-electron chi connectivity index (χ2n) is 7.88. The molecule has 1 saturated heterocycles. The number of ether oxygens (including phenoxy) is 2. The summed E-state index contributed by atoms with van der Waals surface area (Å²) in [6.07, 6.45) is 1.54. The first-order valence-electron chi connectivity index (χ1n) is 11.0. The topological polar surface area (TPSA) is 111 Å². The van der Waals surface area contributed by atoms with Gasteiger partial charge in [-0.15, -0.1) is 0 Å². The molecule has 0 aliphatic carbocycles. The second-order valence-corrected chi connectivity index (χ2v) is 9.82. The van der Waals surface area contributed by atoms with Crippen LogP contribution in [0.2, 0.25) is 0 Å². The second kappa shape index (κ2) is 9.49. The molecule has 1 N–H and O–H groups in total. The fourth-order valence-electron chi connectivity index (χ4n) is 3.98. The zero-order valence-electron chi connectivity index (χ0n) is 18.9. The summed E-state index contributed by atoms with van der Waals surface area (Å²) in [7, 11) is -2.30. The average Bonchev–Trinajstić information content (AvgIpc) is 3.43. The average molecular weight is 494 g/mol. The van der Waals surface area contributed by atoms with Crippen molar-refractivity contribution < 1.29 is 27.1 Å². The van der Waals surface area contributed by atoms with Gasteiger partial charge in [0.2, 0.25) is 10.0 Å². The Morgan fingerprint density at radius 2 is 1.86 bits per heavy atom. The molecule has 2 aromatic heterocycles. The predicted molar refractivity (Wildman–Crippen MR) is 130 cm³/mol. The first-order chi connectivity index (χ1) is 17.0. The molecule has 180 valence electrons. The number of para-hydroxylation sites is 1. The molecule has 35 heavy (non-hydrogen) atoms. The molecule has 10 heteroatoms. The van der Waals surface area contributed by atoms with Crippen LogP contribution in [0.15, 0.2) is 76.2 Å². The fourth-order valence-corrected chi connectivity index (χ4v) is 5.42. The summed E-state index contributed by atoms with van der Waals surface area (Å²) in [5.74, 6) is 0.431. The minimum Gasteiger partial charge on any atom is -0.495 e. The summed E-state index contributed by atoms with van der Waals surface area (Å²) < 4.78 is 43.8. The van der Waals surface area contributed by atoms with Crippen molar-refractivity contribution in [2.45, 2.75) is 4.90 Å². The van der Waals surface area contributed by atoms with Crippen LogP contribution in [0.5, 0.6) is 5.75 Å². The first kappa shape index (κ1) is 23.0. The molecule has 1 fully saturated rings. The van der Waals surface area contributed by atoms with E-state index in [9.17, 15) is 13.2 Å². The highest BCUT2D eigenvalue weighted by Crippen LogP contribution is 2.31. The number of nitrogens with one attached hydrogen (secondary N) is 1. The van der Waals surface area contributed by atoms with Crippen LogP contribution in [0.4, 0.5) is 5.69 Å². The molecular weight excluding hydrogens is 470 g/mol. The number of methoxy groups -OCH3 is 1. The van der Waals surface area contributed by atoms with Crippen molar-refractivity contribution in [2.24, 2.45) is 0 Å². The number of morpholine rings is 1. The summed E-state index contributed by atoms with van der Waals surface area (Å²) in [6, 6.07) is 16.9. The Hall–Kier alpha value is -3.73. The van der Waals surface area contributed by atoms with E-state index in [1.165, 1.54) is 35.9 Å². The van der Waals surface area contributed by atoms with Gasteiger partial charge in [-0.05, 0) is 42.5 Å². The Bertz CT molecular complexity index is 1480.